The van der Waals surface area contributed by atoms with E-state index in [1.807, 2.05) is 18.2 Å². The van der Waals surface area contributed by atoms with Gasteiger partial charge in [0.1, 0.15) is 11.6 Å². The Morgan fingerprint density at radius 3 is 2.94 bits per heavy atom. The summed E-state index contributed by atoms with van der Waals surface area (Å²) in [5, 5.41) is 9.89. The average molecular weight is 218 g/mol. The summed E-state index contributed by atoms with van der Waals surface area (Å²) in [5.41, 5.74) is 7.14. The monoisotopic (exact) mass is 218 g/mol. The Labute approximate surface area is 93.4 Å². The number of para-hydroxylation sites is 2. The maximum atomic E-state index is 9.89. The van der Waals surface area contributed by atoms with E-state index in [2.05, 4.69) is 11.6 Å². The van der Waals surface area contributed by atoms with Gasteiger partial charge in [-0.1, -0.05) is 18.2 Å². The maximum absolute atomic E-state index is 9.89. The van der Waals surface area contributed by atoms with Crippen molar-refractivity contribution in [3.63, 3.8) is 0 Å². The zero-order valence-electron chi connectivity index (χ0n) is 8.84. The van der Waals surface area contributed by atoms with Gasteiger partial charge in [0.15, 0.2) is 5.58 Å². The van der Waals surface area contributed by atoms with Gasteiger partial charge in [-0.05, 0) is 18.6 Å². The van der Waals surface area contributed by atoms with Crippen LogP contribution in [0.1, 0.15) is 18.4 Å². The van der Waals surface area contributed by atoms with E-state index in [-0.39, 0.29) is 5.89 Å². The van der Waals surface area contributed by atoms with Crippen LogP contribution < -0.4 is 5.73 Å². The second kappa shape index (κ2) is 4.47. The van der Waals surface area contributed by atoms with E-state index < -0.39 is 12.1 Å². The van der Waals surface area contributed by atoms with E-state index >= 15 is 0 Å². The predicted molar refractivity (Wildman–Crippen MR) is 61.8 cm³/mol. The van der Waals surface area contributed by atoms with Gasteiger partial charge in [-0.25, -0.2) is 4.98 Å². The number of hydrogen-bond donors (Lipinski definition) is 2. The van der Waals surface area contributed by atoms with E-state index in [9.17, 15) is 5.11 Å². The number of nitrogens with zero attached hydrogens (tertiary/aromatic N) is 1. The molecular weight excluding hydrogens is 204 g/mol. The molecule has 0 aliphatic carbocycles. The van der Waals surface area contributed by atoms with E-state index in [0.29, 0.717) is 12.0 Å². The summed E-state index contributed by atoms with van der Waals surface area (Å²) in [5.74, 6) is 0.260. The third-order valence-corrected chi connectivity index (χ3v) is 2.41. The molecule has 1 unspecified atom stereocenters. The number of nitrogens with two attached hydrogens (primary N) is 1. The van der Waals surface area contributed by atoms with Gasteiger partial charge in [-0.2, -0.15) is 0 Å². The van der Waals surface area contributed by atoms with Gasteiger partial charge in [0.25, 0.3) is 0 Å². The number of fused-ring (bicyclic) bond motifs is 1. The van der Waals surface area contributed by atoms with E-state index in [0.717, 1.165) is 5.52 Å². The third-order valence-electron chi connectivity index (χ3n) is 2.41. The Balaban J connectivity index is 2.29. The second-order valence-electron chi connectivity index (χ2n) is 3.65. The molecule has 4 nitrogen and oxygen atoms in total. The Kier molecular flexibility index (Phi) is 3.03. The molecular formula is C12H14N2O2. The highest BCUT2D eigenvalue weighted by molar-refractivity contribution is 5.72. The van der Waals surface area contributed by atoms with Crippen LogP contribution >= 0.6 is 0 Å². The molecule has 4 heteroatoms. The lowest BCUT2D eigenvalue weighted by Crippen LogP contribution is -2.27. The molecule has 0 saturated heterocycles. The van der Waals surface area contributed by atoms with E-state index in [1.54, 1.807) is 12.1 Å². The molecule has 0 bridgehead atoms. The topological polar surface area (TPSA) is 72.3 Å². The quantitative estimate of drug-likeness (QED) is 0.767. The molecule has 0 amide bonds. The van der Waals surface area contributed by atoms with Crippen LogP contribution in [0.2, 0.25) is 0 Å². The highest BCUT2D eigenvalue weighted by Crippen LogP contribution is 2.22. The predicted octanol–water partition coefficient (Wildman–Crippen LogP) is 1.76. The van der Waals surface area contributed by atoms with E-state index in [1.165, 1.54) is 0 Å². The zero-order chi connectivity index (χ0) is 11.5. The summed E-state index contributed by atoms with van der Waals surface area (Å²) in [7, 11) is 0. The van der Waals surface area contributed by atoms with Gasteiger partial charge in [-0.3, -0.25) is 0 Å². The van der Waals surface area contributed by atoms with Gasteiger partial charge in [-0.15, -0.1) is 6.58 Å². The lowest BCUT2D eigenvalue weighted by Gasteiger charge is -2.13. The number of hydrogen-bond acceptors (Lipinski definition) is 4. The molecule has 2 aromatic rings. The van der Waals surface area contributed by atoms with Crippen molar-refractivity contribution in [2.45, 2.75) is 18.6 Å². The lowest BCUT2D eigenvalue weighted by atomic mass is 10.1. The smallest absolute Gasteiger partial charge is 0.225 e. The fraction of sp³-hybridized carbons (Fsp3) is 0.250. The number of aliphatic hydroxyl groups is 1. The van der Waals surface area contributed by atoms with Crippen molar-refractivity contribution in [1.82, 2.24) is 4.98 Å². The molecule has 0 aliphatic heterocycles. The molecule has 3 N–H and O–H groups in total. The summed E-state index contributed by atoms with van der Waals surface area (Å²) >= 11 is 0. The van der Waals surface area contributed by atoms with Crippen molar-refractivity contribution in [3.05, 3.63) is 42.8 Å². The molecule has 0 saturated carbocycles. The van der Waals surface area contributed by atoms with Crippen LogP contribution in [0.4, 0.5) is 0 Å². The SMILES string of the molecule is C=CC[C@H](N)C(O)c1nc2ccccc2o1. The number of aliphatic hydroxyl groups excluding tert-OH is 1. The molecule has 2 atom stereocenters. The first-order chi connectivity index (χ1) is 7.72. The van der Waals surface area contributed by atoms with Crippen LogP contribution in [-0.2, 0) is 0 Å². The van der Waals surface area contributed by atoms with Crippen LogP contribution in [0.5, 0.6) is 0 Å². The van der Waals surface area contributed by atoms with Gasteiger partial charge in [0.2, 0.25) is 5.89 Å². The molecule has 0 spiro atoms. The minimum Gasteiger partial charge on any atom is -0.438 e. The molecule has 0 fully saturated rings. The highest BCUT2D eigenvalue weighted by Gasteiger charge is 2.21. The van der Waals surface area contributed by atoms with Gasteiger partial charge in [0.05, 0.1) is 0 Å². The summed E-state index contributed by atoms with van der Waals surface area (Å²) in [4.78, 5) is 4.19. The zero-order valence-corrected chi connectivity index (χ0v) is 8.84. The lowest BCUT2D eigenvalue weighted by molar-refractivity contribution is 0.118. The van der Waals surface area contributed by atoms with Crippen LogP contribution in [0.3, 0.4) is 0 Å². The number of oxazole rings is 1. The van der Waals surface area contributed by atoms with Crippen molar-refractivity contribution >= 4 is 11.1 Å². The van der Waals surface area contributed by atoms with Crippen molar-refractivity contribution in [2.24, 2.45) is 5.73 Å². The molecule has 1 aromatic carbocycles. The van der Waals surface area contributed by atoms with Crippen molar-refractivity contribution in [2.75, 3.05) is 0 Å². The second-order valence-corrected chi connectivity index (χ2v) is 3.65. The first-order valence-corrected chi connectivity index (χ1v) is 5.12. The van der Waals surface area contributed by atoms with Gasteiger partial charge >= 0.3 is 0 Å². The molecule has 16 heavy (non-hydrogen) atoms. The van der Waals surface area contributed by atoms with Crippen molar-refractivity contribution in [1.29, 1.82) is 0 Å². The minimum absolute atomic E-state index is 0.260. The van der Waals surface area contributed by atoms with E-state index in [4.69, 9.17) is 10.2 Å². The number of benzene rings is 1. The van der Waals surface area contributed by atoms with Crippen LogP contribution in [-0.4, -0.2) is 16.1 Å². The number of rotatable bonds is 4. The Morgan fingerprint density at radius 1 is 1.50 bits per heavy atom. The fourth-order valence-electron chi connectivity index (χ4n) is 1.52. The largest absolute Gasteiger partial charge is 0.438 e. The average Bonchev–Trinajstić information content (AvgIpc) is 2.71. The summed E-state index contributed by atoms with van der Waals surface area (Å²) in [6.07, 6.45) is 1.28. The molecule has 84 valence electrons. The summed E-state index contributed by atoms with van der Waals surface area (Å²) in [6.45, 7) is 3.58. The third kappa shape index (κ3) is 1.98. The molecule has 0 aliphatic rings. The molecule has 1 heterocycles. The standard InChI is InChI=1S/C12H14N2O2/c1-2-5-8(13)11(15)12-14-9-6-3-4-7-10(9)16-12/h2-4,6-8,11,15H,1,5,13H2/t8-,11?/m0/s1. The molecule has 1 aromatic heterocycles. The Hall–Kier alpha value is -1.65. The van der Waals surface area contributed by atoms with Gasteiger partial charge < -0.3 is 15.3 Å². The minimum atomic E-state index is -0.898. The Bertz CT molecular complexity index is 459. The maximum Gasteiger partial charge on any atom is 0.225 e. The number of aromatic nitrogens is 1. The molecule has 2 rings (SSSR count). The first kappa shape index (κ1) is 10.9. The summed E-state index contributed by atoms with van der Waals surface area (Å²) < 4.78 is 5.42. The summed E-state index contributed by atoms with van der Waals surface area (Å²) in [6, 6.07) is 6.91. The van der Waals surface area contributed by atoms with Gasteiger partial charge in [0, 0.05) is 6.04 Å². The normalized spacial score (nSPS) is 14.9. The highest BCUT2D eigenvalue weighted by atomic mass is 16.4. The van der Waals surface area contributed by atoms with Crippen LogP contribution in [0.15, 0.2) is 41.3 Å². The molecule has 0 radical (unpaired) electrons. The fourth-order valence-corrected chi connectivity index (χ4v) is 1.52. The van der Waals surface area contributed by atoms with Crippen molar-refractivity contribution < 1.29 is 9.52 Å². The Morgan fingerprint density at radius 2 is 2.25 bits per heavy atom. The first-order valence-electron chi connectivity index (χ1n) is 5.12. The van der Waals surface area contributed by atoms with Crippen molar-refractivity contribution in [3.8, 4) is 0 Å². The van der Waals surface area contributed by atoms with Crippen LogP contribution in [0, 0.1) is 0 Å². The van der Waals surface area contributed by atoms with Crippen LogP contribution in [0.25, 0.3) is 11.1 Å².